The third kappa shape index (κ3) is 5.29. The molecule has 8 heteroatoms. The van der Waals surface area contributed by atoms with Crippen LogP contribution in [0.4, 0.5) is 4.39 Å². The van der Waals surface area contributed by atoms with Gasteiger partial charge in [-0.3, -0.25) is 14.6 Å². The standard InChI is InChI=1S/C26H30FN5O2/c27-23-4-6-24(7-5-23)32-16-20(13-29-32)15-31-10-11-34-25-8-3-19(12-22(25)18-31)14-30-9-1-2-21(17-30)26(28)33/h3-8,12-13,16,21H,1-2,9-11,14-15,17-18H2,(H2,28,33)/t21-/m0/s1. The van der Waals surface area contributed by atoms with E-state index < -0.39 is 0 Å². The smallest absolute Gasteiger partial charge is 0.221 e. The highest BCUT2D eigenvalue weighted by Gasteiger charge is 2.24. The number of aromatic nitrogens is 2. The Hall–Kier alpha value is -3.23. The lowest BCUT2D eigenvalue weighted by Crippen LogP contribution is -2.40. The minimum atomic E-state index is -0.258. The van der Waals surface area contributed by atoms with Crippen LogP contribution >= 0.6 is 0 Å². The van der Waals surface area contributed by atoms with Crippen LogP contribution in [-0.4, -0.2) is 51.7 Å². The first kappa shape index (κ1) is 22.6. The minimum Gasteiger partial charge on any atom is -0.492 e. The molecule has 1 aromatic heterocycles. The van der Waals surface area contributed by atoms with Gasteiger partial charge in [0.2, 0.25) is 5.91 Å². The van der Waals surface area contributed by atoms with E-state index in [0.29, 0.717) is 6.61 Å². The van der Waals surface area contributed by atoms with Gasteiger partial charge in [0.25, 0.3) is 0 Å². The zero-order valence-corrected chi connectivity index (χ0v) is 19.2. The number of halogens is 1. The van der Waals surface area contributed by atoms with Crippen LogP contribution < -0.4 is 10.5 Å². The van der Waals surface area contributed by atoms with Crippen molar-refractivity contribution in [3.05, 3.63) is 77.4 Å². The first-order valence-electron chi connectivity index (χ1n) is 11.8. The van der Waals surface area contributed by atoms with E-state index >= 15 is 0 Å². The van der Waals surface area contributed by atoms with Crippen molar-refractivity contribution < 1.29 is 13.9 Å². The van der Waals surface area contributed by atoms with Gasteiger partial charge in [-0.2, -0.15) is 5.10 Å². The molecule has 7 nitrogen and oxygen atoms in total. The summed E-state index contributed by atoms with van der Waals surface area (Å²) in [7, 11) is 0. The number of benzene rings is 2. The van der Waals surface area contributed by atoms with Crippen molar-refractivity contribution in [1.82, 2.24) is 19.6 Å². The number of hydrogen-bond donors (Lipinski definition) is 1. The van der Waals surface area contributed by atoms with Crippen LogP contribution in [0.1, 0.15) is 29.5 Å². The van der Waals surface area contributed by atoms with E-state index in [4.69, 9.17) is 10.5 Å². The molecule has 3 heterocycles. The van der Waals surface area contributed by atoms with Crippen LogP contribution in [0.15, 0.2) is 54.9 Å². The van der Waals surface area contributed by atoms with Crippen LogP contribution in [0.25, 0.3) is 5.69 Å². The molecule has 1 atom stereocenters. The number of piperidine rings is 1. The highest BCUT2D eigenvalue weighted by atomic mass is 19.1. The van der Waals surface area contributed by atoms with Gasteiger partial charge in [-0.05, 0) is 61.3 Å². The van der Waals surface area contributed by atoms with Crippen molar-refractivity contribution in [3.63, 3.8) is 0 Å². The fourth-order valence-electron chi connectivity index (χ4n) is 4.86. The Morgan fingerprint density at radius 2 is 1.91 bits per heavy atom. The number of ether oxygens (including phenoxy) is 1. The van der Waals surface area contributed by atoms with Crippen molar-refractivity contribution in [2.24, 2.45) is 11.7 Å². The molecule has 2 aliphatic rings. The topological polar surface area (TPSA) is 76.6 Å². The molecule has 0 aliphatic carbocycles. The largest absolute Gasteiger partial charge is 0.492 e. The second kappa shape index (κ2) is 9.95. The van der Waals surface area contributed by atoms with E-state index in [1.165, 1.54) is 23.3 Å². The molecule has 1 saturated heterocycles. The summed E-state index contributed by atoms with van der Waals surface area (Å²) in [6, 6.07) is 12.7. The maximum absolute atomic E-state index is 13.2. The predicted octanol–water partition coefficient (Wildman–Crippen LogP) is 3.10. The molecular formula is C26H30FN5O2. The van der Waals surface area contributed by atoms with Crippen LogP contribution in [-0.2, 0) is 24.4 Å². The third-order valence-electron chi connectivity index (χ3n) is 6.63. The zero-order chi connectivity index (χ0) is 23.5. The van der Waals surface area contributed by atoms with Crippen molar-refractivity contribution >= 4 is 5.91 Å². The van der Waals surface area contributed by atoms with Gasteiger partial charge in [-0.25, -0.2) is 9.07 Å². The summed E-state index contributed by atoms with van der Waals surface area (Å²) < 4.78 is 21.0. The molecule has 178 valence electrons. The molecule has 2 aromatic carbocycles. The Morgan fingerprint density at radius 1 is 1.09 bits per heavy atom. The van der Waals surface area contributed by atoms with Crippen LogP contribution in [0.3, 0.4) is 0 Å². The van der Waals surface area contributed by atoms with Gasteiger partial charge < -0.3 is 10.5 Å². The zero-order valence-electron chi connectivity index (χ0n) is 19.2. The first-order valence-corrected chi connectivity index (χ1v) is 11.8. The number of primary amides is 1. The fraction of sp³-hybridized carbons (Fsp3) is 0.385. The van der Waals surface area contributed by atoms with E-state index in [2.05, 4.69) is 33.1 Å². The van der Waals surface area contributed by atoms with Gasteiger partial charge in [0.05, 0.1) is 17.8 Å². The summed E-state index contributed by atoms with van der Waals surface area (Å²) in [4.78, 5) is 16.3. The molecule has 1 amide bonds. The van der Waals surface area contributed by atoms with Gasteiger partial charge in [0.15, 0.2) is 0 Å². The fourth-order valence-corrected chi connectivity index (χ4v) is 4.86. The van der Waals surface area contributed by atoms with Crippen molar-refractivity contribution in [2.45, 2.75) is 32.5 Å². The Morgan fingerprint density at radius 3 is 2.74 bits per heavy atom. The first-order chi connectivity index (χ1) is 16.5. The van der Waals surface area contributed by atoms with Crippen molar-refractivity contribution in [2.75, 3.05) is 26.2 Å². The van der Waals surface area contributed by atoms with E-state index in [0.717, 1.165) is 69.1 Å². The van der Waals surface area contributed by atoms with Crippen LogP contribution in [0, 0.1) is 11.7 Å². The monoisotopic (exact) mass is 463 g/mol. The number of carbonyl (C=O) groups is 1. The SMILES string of the molecule is NC(=O)[C@H]1CCCN(Cc2ccc3c(c2)CN(Cc2cnn(-c4ccc(F)cc4)c2)CCO3)C1. The molecule has 2 N–H and O–H groups in total. The number of hydrogen-bond acceptors (Lipinski definition) is 5. The lowest BCUT2D eigenvalue weighted by atomic mass is 9.97. The molecule has 1 fully saturated rings. The molecule has 0 spiro atoms. The van der Waals surface area contributed by atoms with Gasteiger partial charge in [-0.1, -0.05) is 6.07 Å². The second-order valence-electron chi connectivity index (χ2n) is 9.25. The molecule has 34 heavy (non-hydrogen) atoms. The highest BCUT2D eigenvalue weighted by molar-refractivity contribution is 5.76. The number of nitrogens with two attached hydrogens (primary N) is 1. The molecule has 0 saturated carbocycles. The van der Waals surface area contributed by atoms with Crippen molar-refractivity contribution in [3.8, 4) is 11.4 Å². The highest BCUT2D eigenvalue weighted by Crippen LogP contribution is 2.27. The summed E-state index contributed by atoms with van der Waals surface area (Å²) in [5.74, 6) is 0.427. The lowest BCUT2D eigenvalue weighted by Gasteiger charge is -2.31. The Balaban J connectivity index is 1.25. The normalized spacial score (nSPS) is 19.3. The molecule has 3 aromatic rings. The molecular weight excluding hydrogens is 433 g/mol. The van der Waals surface area contributed by atoms with Crippen LogP contribution in [0.5, 0.6) is 5.75 Å². The minimum absolute atomic E-state index is 0.0516. The van der Waals surface area contributed by atoms with Gasteiger partial charge in [-0.15, -0.1) is 0 Å². The Labute approximate surface area is 198 Å². The molecule has 5 rings (SSSR count). The average Bonchev–Trinajstić information content (AvgIpc) is 3.20. The van der Waals surface area contributed by atoms with Gasteiger partial charge in [0, 0.05) is 50.0 Å². The quantitative estimate of drug-likeness (QED) is 0.608. The van der Waals surface area contributed by atoms with E-state index in [1.807, 2.05) is 12.4 Å². The lowest BCUT2D eigenvalue weighted by molar-refractivity contribution is -0.123. The van der Waals surface area contributed by atoms with E-state index in [1.54, 1.807) is 16.8 Å². The van der Waals surface area contributed by atoms with Gasteiger partial charge >= 0.3 is 0 Å². The summed E-state index contributed by atoms with van der Waals surface area (Å²) in [6.07, 6.45) is 5.73. The summed E-state index contributed by atoms with van der Waals surface area (Å²) in [5, 5.41) is 4.44. The number of carbonyl (C=O) groups excluding carboxylic acids is 1. The average molecular weight is 464 g/mol. The third-order valence-corrected chi connectivity index (χ3v) is 6.63. The van der Waals surface area contributed by atoms with Crippen LogP contribution in [0.2, 0.25) is 0 Å². The number of amides is 1. The van der Waals surface area contributed by atoms with E-state index in [9.17, 15) is 9.18 Å². The summed E-state index contributed by atoms with van der Waals surface area (Å²) in [6.45, 7) is 5.51. The molecule has 2 aliphatic heterocycles. The number of rotatable bonds is 6. The van der Waals surface area contributed by atoms with E-state index in [-0.39, 0.29) is 17.6 Å². The number of nitrogens with zero attached hydrogens (tertiary/aromatic N) is 4. The maximum Gasteiger partial charge on any atom is 0.221 e. The number of fused-ring (bicyclic) bond motifs is 1. The molecule has 0 radical (unpaired) electrons. The van der Waals surface area contributed by atoms with Crippen molar-refractivity contribution in [1.29, 1.82) is 0 Å². The van der Waals surface area contributed by atoms with Gasteiger partial charge in [0.1, 0.15) is 18.2 Å². The maximum atomic E-state index is 13.2. The molecule has 0 unspecified atom stereocenters. The Bertz CT molecular complexity index is 1150. The Kier molecular flexibility index (Phi) is 6.60. The predicted molar refractivity (Wildman–Crippen MR) is 127 cm³/mol. The second-order valence-corrected chi connectivity index (χ2v) is 9.25. The molecule has 0 bridgehead atoms. The number of likely N-dealkylation sites (tertiary alicyclic amines) is 1. The summed E-state index contributed by atoms with van der Waals surface area (Å²) >= 11 is 0. The summed E-state index contributed by atoms with van der Waals surface area (Å²) in [5.41, 5.74) is 9.86.